The van der Waals surface area contributed by atoms with Crippen molar-refractivity contribution in [2.24, 2.45) is 7.05 Å². The number of rotatable bonds is 4. The maximum absolute atomic E-state index is 12.9. The number of anilines is 1. The van der Waals surface area contributed by atoms with Gasteiger partial charge in [-0.05, 0) is 44.2 Å². The second-order valence-corrected chi connectivity index (χ2v) is 5.85. The zero-order valence-corrected chi connectivity index (χ0v) is 14.8. The summed E-state index contributed by atoms with van der Waals surface area (Å²) in [6.07, 6.45) is 1.48. The highest BCUT2D eigenvalue weighted by Gasteiger charge is 2.37. The normalized spacial score (nSPS) is 16.2. The number of aryl methyl sites for hydroxylation is 1. The van der Waals surface area contributed by atoms with Gasteiger partial charge in [-0.3, -0.25) is 14.9 Å². The third-order valence-electron chi connectivity index (χ3n) is 4.19. The van der Waals surface area contributed by atoms with Gasteiger partial charge in [0.1, 0.15) is 11.3 Å². The molecule has 2 heterocycles. The van der Waals surface area contributed by atoms with E-state index >= 15 is 0 Å². The van der Waals surface area contributed by atoms with Gasteiger partial charge in [-0.1, -0.05) is 6.07 Å². The van der Waals surface area contributed by atoms with Crippen molar-refractivity contribution in [2.45, 2.75) is 13.8 Å². The Morgan fingerprint density at radius 1 is 1.15 bits per heavy atom. The number of urea groups is 1. The van der Waals surface area contributed by atoms with Crippen molar-refractivity contribution < 1.29 is 19.1 Å². The number of imide groups is 2. The molecule has 2 aromatic rings. The highest BCUT2D eigenvalue weighted by atomic mass is 16.5. The van der Waals surface area contributed by atoms with E-state index in [9.17, 15) is 14.4 Å². The zero-order valence-electron chi connectivity index (χ0n) is 14.8. The summed E-state index contributed by atoms with van der Waals surface area (Å²) in [7, 11) is 1.83. The Bertz CT molecular complexity index is 927. The smallest absolute Gasteiger partial charge is 0.335 e. The van der Waals surface area contributed by atoms with E-state index < -0.39 is 17.8 Å². The third kappa shape index (κ3) is 3.11. The van der Waals surface area contributed by atoms with E-state index in [1.807, 2.05) is 31.5 Å². The third-order valence-corrected chi connectivity index (χ3v) is 4.19. The number of hydrogen-bond acceptors (Lipinski definition) is 4. The standard InChI is InChI=1S/C19H19N3O4/c1-4-26-15-7-5-6-14(10-15)22-18(24)16(17(23)20-19(22)25)11-13-9-8-12(2)21(13)3/h5-11H,4H2,1-3H3,(H,20,23,25)/b16-11+. The molecule has 1 aliphatic rings. The number of hydrogen-bond donors (Lipinski definition) is 1. The van der Waals surface area contributed by atoms with E-state index in [2.05, 4.69) is 5.32 Å². The average molecular weight is 353 g/mol. The minimum Gasteiger partial charge on any atom is -0.494 e. The van der Waals surface area contributed by atoms with E-state index in [1.165, 1.54) is 6.08 Å². The van der Waals surface area contributed by atoms with Crippen LogP contribution in [-0.2, 0) is 16.6 Å². The lowest BCUT2D eigenvalue weighted by Gasteiger charge is -2.26. The van der Waals surface area contributed by atoms with Gasteiger partial charge in [0.2, 0.25) is 0 Å². The minimum absolute atomic E-state index is 0.104. The summed E-state index contributed by atoms with van der Waals surface area (Å²) in [4.78, 5) is 38.3. The van der Waals surface area contributed by atoms with E-state index in [0.717, 1.165) is 10.6 Å². The first-order valence-corrected chi connectivity index (χ1v) is 8.19. The molecule has 0 saturated carbocycles. The average Bonchev–Trinajstić information content (AvgIpc) is 2.91. The second-order valence-electron chi connectivity index (χ2n) is 5.85. The van der Waals surface area contributed by atoms with E-state index in [4.69, 9.17) is 4.74 Å². The van der Waals surface area contributed by atoms with Crippen molar-refractivity contribution in [1.29, 1.82) is 0 Å². The number of carbonyl (C=O) groups excluding carboxylic acids is 3. The van der Waals surface area contributed by atoms with Gasteiger partial charge in [-0.15, -0.1) is 0 Å². The van der Waals surface area contributed by atoms with Crippen LogP contribution in [0, 0.1) is 6.92 Å². The summed E-state index contributed by atoms with van der Waals surface area (Å²) in [5.74, 6) is -0.853. The van der Waals surface area contributed by atoms with Crippen molar-refractivity contribution in [3.63, 3.8) is 0 Å². The van der Waals surface area contributed by atoms with Crippen molar-refractivity contribution in [3.05, 3.63) is 53.4 Å². The molecule has 0 spiro atoms. The first-order valence-electron chi connectivity index (χ1n) is 8.19. The van der Waals surface area contributed by atoms with E-state index in [1.54, 1.807) is 30.3 Å². The van der Waals surface area contributed by atoms with Crippen LogP contribution in [0.3, 0.4) is 0 Å². The van der Waals surface area contributed by atoms with E-state index in [-0.39, 0.29) is 5.57 Å². The Morgan fingerprint density at radius 3 is 2.58 bits per heavy atom. The number of barbiturate groups is 1. The summed E-state index contributed by atoms with van der Waals surface area (Å²) in [5, 5.41) is 2.22. The molecule has 0 unspecified atom stereocenters. The zero-order chi connectivity index (χ0) is 18.8. The lowest BCUT2D eigenvalue weighted by atomic mass is 10.1. The molecular weight excluding hydrogens is 334 g/mol. The molecule has 0 radical (unpaired) electrons. The van der Waals surface area contributed by atoms with Gasteiger partial charge in [-0.2, -0.15) is 0 Å². The Kier molecular flexibility index (Phi) is 4.62. The number of aromatic nitrogens is 1. The molecule has 1 aromatic heterocycles. The van der Waals surface area contributed by atoms with Crippen LogP contribution in [0.25, 0.3) is 6.08 Å². The SMILES string of the molecule is CCOc1cccc(N2C(=O)NC(=O)/C(=C\c3ccc(C)n3C)C2=O)c1. The molecule has 7 heteroatoms. The molecule has 1 fully saturated rings. The van der Waals surface area contributed by atoms with Crippen LogP contribution in [0.1, 0.15) is 18.3 Å². The highest BCUT2D eigenvalue weighted by Crippen LogP contribution is 2.25. The molecule has 0 atom stereocenters. The van der Waals surface area contributed by atoms with Crippen LogP contribution >= 0.6 is 0 Å². The predicted molar refractivity (Wildman–Crippen MR) is 96.8 cm³/mol. The van der Waals surface area contributed by atoms with Crippen LogP contribution < -0.4 is 15.0 Å². The number of ether oxygens (including phenoxy) is 1. The first kappa shape index (κ1) is 17.5. The Hall–Kier alpha value is -3.35. The Morgan fingerprint density at radius 2 is 1.92 bits per heavy atom. The largest absolute Gasteiger partial charge is 0.494 e. The molecule has 0 bridgehead atoms. The van der Waals surface area contributed by atoms with Crippen molar-refractivity contribution in [1.82, 2.24) is 9.88 Å². The topological polar surface area (TPSA) is 80.6 Å². The molecule has 1 aromatic carbocycles. The summed E-state index contributed by atoms with van der Waals surface area (Å²) in [6, 6.07) is 9.51. The van der Waals surface area contributed by atoms with Crippen LogP contribution in [0.15, 0.2) is 42.0 Å². The molecule has 1 saturated heterocycles. The molecule has 1 aliphatic heterocycles. The Labute approximate surface area is 150 Å². The van der Waals surface area contributed by atoms with Gasteiger partial charge in [-0.25, -0.2) is 9.69 Å². The maximum atomic E-state index is 12.9. The lowest BCUT2D eigenvalue weighted by Crippen LogP contribution is -2.54. The van der Waals surface area contributed by atoms with Crippen LogP contribution in [-0.4, -0.2) is 29.0 Å². The number of nitrogens with one attached hydrogen (secondary N) is 1. The number of carbonyl (C=O) groups is 3. The second kappa shape index (κ2) is 6.87. The molecule has 7 nitrogen and oxygen atoms in total. The molecule has 0 aliphatic carbocycles. The van der Waals surface area contributed by atoms with E-state index in [0.29, 0.717) is 23.7 Å². The highest BCUT2D eigenvalue weighted by molar-refractivity contribution is 6.39. The molecule has 3 rings (SSSR count). The van der Waals surface area contributed by atoms with Gasteiger partial charge in [0, 0.05) is 24.5 Å². The van der Waals surface area contributed by atoms with Gasteiger partial charge in [0.05, 0.1) is 12.3 Å². The number of nitrogens with zero attached hydrogens (tertiary/aromatic N) is 2. The quantitative estimate of drug-likeness (QED) is 0.676. The van der Waals surface area contributed by atoms with Crippen LogP contribution in [0.5, 0.6) is 5.75 Å². The number of amides is 4. The summed E-state index contributed by atoms with van der Waals surface area (Å²) < 4.78 is 7.27. The van der Waals surface area contributed by atoms with Crippen molar-refractivity contribution >= 4 is 29.6 Å². The molecular formula is C19H19N3O4. The van der Waals surface area contributed by atoms with Crippen molar-refractivity contribution in [2.75, 3.05) is 11.5 Å². The first-order chi connectivity index (χ1) is 12.4. The lowest BCUT2D eigenvalue weighted by molar-refractivity contribution is -0.122. The molecule has 4 amide bonds. The van der Waals surface area contributed by atoms with Crippen molar-refractivity contribution in [3.8, 4) is 5.75 Å². The predicted octanol–water partition coefficient (Wildman–Crippen LogP) is 2.40. The van der Waals surface area contributed by atoms with Gasteiger partial charge in [0.15, 0.2) is 0 Å². The molecule has 1 N–H and O–H groups in total. The molecule has 134 valence electrons. The summed E-state index contributed by atoms with van der Waals surface area (Å²) >= 11 is 0. The minimum atomic E-state index is -0.783. The van der Waals surface area contributed by atoms with Crippen LogP contribution in [0.4, 0.5) is 10.5 Å². The Balaban J connectivity index is 2.01. The monoisotopic (exact) mass is 353 g/mol. The maximum Gasteiger partial charge on any atom is 0.335 e. The fourth-order valence-corrected chi connectivity index (χ4v) is 2.70. The summed E-state index contributed by atoms with van der Waals surface area (Å²) in [6.45, 7) is 4.21. The van der Waals surface area contributed by atoms with Gasteiger partial charge in [0.25, 0.3) is 11.8 Å². The molecule has 26 heavy (non-hydrogen) atoms. The fourth-order valence-electron chi connectivity index (χ4n) is 2.70. The van der Waals surface area contributed by atoms with Gasteiger partial charge >= 0.3 is 6.03 Å². The number of benzene rings is 1. The summed E-state index contributed by atoms with van der Waals surface area (Å²) in [5.41, 5.74) is 1.91. The fraction of sp³-hybridized carbons (Fsp3) is 0.211. The van der Waals surface area contributed by atoms with Crippen LogP contribution in [0.2, 0.25) is 0 Å². The van der Waals surface area contributed by atoms with Gasteiger partial charge < -0.3 is 9.30 Å².